The monoisotopic (exact) mass is 469 g/mol. The molecule has 1 aliphatic heterocycles. The zero-order valence-corrected chi connectivity index (χ0v) is 20.5. The molecule has 0 unspecified atom stereocenters. The maximum Gasteiger partial charge on any atom is 0.323 e. The van der Waals surface area contributed by atoms with Gasteiger partial charge in [0.15, 0.2) is 16.9 Å². The summed E-state index contributed by atoms with van der Waals surface area (Å²) in [6.45, 7) is 2.72. The Hall–Kier alpha value is -3.06. The Labute approximate surface area is 201 Å². The topological polar surface area (TPSA) is 74.3 Å². The van der Waals surface area contributed by atoms with E-state index in [1.807, 2.05) is 12.1 Å². The first-order valence-electron chi connectivity index (χ1n) is 11.6. The fourth-order valence-corrected chi connectivity index (χ4v) is 4.88. The van der Waals surface area contributed by atoms with Crippen LogP contribution in [0.1, 0.15) is 30.4 Å². The van der Waals surface area contributed by atoms with Crippen LogP contribution in [-0.4, -0.2) is 58.4 Å². The molecule has 0 aromatic heterocycles. The van der Waals surface area contributed by atoms with E-state index in [4.69, 9.17) is 18.9 Å². The number of esters is 2. The Morgan fingerprint density at radius 3 is 2.03 bits per heavy atom. The third-order valence-electron chi connectivity index (χ3n) is 6.70. The molecule has 0 saturated carbocycles. The highest BCUT2D eigenvalue weighted by Gasteiger charge is 2.50. The molecule has 34 heavy (non-hydrogen) atoms. The Morgan fingerprint density at radius 1 is 0.853 bits per heavy atom. The van der Waals surface area contributed by atoms with Crippen LogP contribution in [0.15, 0.2) is 48.5 Å². The average molecular weight is 470 g/mol. The molecule has 0 N–H and O–H groups in total. The standard InChI is InChI=1S/C27H35NO6/c1-31-23-11-10-22(16-24(23)32-2)18-27(25(29)33-3,26(30)34-4)17-20-12-14-28(15-13-20)19-21-8-6-5-7-9-21/h5-11,16,20H,12-15,17-19H2,1-4H3. The molecule has 1 heterocycles. The van der Waals surface area contributed by atoms with Gasteiger partial charge in [-0.25, -0.2) is 0 Å². The summed E-state index contributed by atoms with van der Waals surface area (Å²) in [6.07, 6.45) is 2.33. The lowest BCUT2D eigenvalue weighted by Gasteiger charge is -2.37. The number of methoxy groups -OCH3 is 4. The van der Waals surface area contributed by atoms with Crippen LogP contribution in [0, 0.1) is 11.3 Å². The molecule has 0 radical (unpaired) electrons. The maximum atomic E-state index is 13.1. The molecule has 0 aliphatic carbocycles. The molecule has 1 fully saturated rings. The normalized spacial score (nSPS) is 14.9. The van der Waals surface area contributed by atoms with Crippen LogP contribution in [-0.2, 0) is 32.0 Å². The van der Waals surface area contributed by atoms with Crippen molar-refractivity contribution in [2.75, 3.05) is 41.5 Å². The number of likely N-dealkylation sites (tertiary alicyclic amines) is 1. The summed E-state index contributed by atoms with van der Waals surface area (Å²) in [4.78, 5) is 28.6. The third-order valence-corrected chi connectivity index (χ3v) is 6.70. The fourth-order valence-electron chi connectivity index (χ4n) is 4.88. The van der Waals surface area contributed by atoms with E-state index in [1.165, 1.54) is 19.8 Å². The van der Waals surface area contributed by atoms with Crippen LogP contribution in [0.4, 0.5) is 0 Å². The third kappa shape index (κ3) is 5.89. The number of hydrogen-bond donors (Lipinski definition) is 0. The molecular weight excluding hydrogens is 434 g/mol. The van der Waals surface area contributed by atoms with Gasteiger partial charge in [0, 0.05) is 6.54 Å². The van der Waals surface area contributed by atoms with E-state index in [0.29, 0.717) is 17.9 Å². The number of rotatable bonds is 10. The summed E-state index contributed by atoms with van der Waals surface area (Å²) in [5.41, 5.74) is 0.637. The van der Waals surface area contributed by atoms with Crippen molar-refractivity contribution >= 4 is 11.9 Å². The minimum atomic E-state index is -1.42. The molecule has 7 heteroatoms. The van der Waals surface area contributed by atoms with Gasteiger partial charge in [-0.05, 0) is 68.0 Å². The smallest absolute Gasteiger partial charge is 0.323 e. The van der Waals surface area contributed by atoms with E-state index in [-0.39, 0.29) is 12.3 Å². The fraction of sp³-hybridized carbons (Fsp3) is 0.481. The second-order valence-corrected chi connectivity index (χ2v) is 8.84. The lowest BCUT2D eigenvalue weighted by Crippen LogP contribution is -2.46. The number of carbonyl (C=O) groups excluding carboxylic acids is 2. The largest absolute Gasteiger partial charge is 0.493 e. The summed E-state index contributed by atoms with van der Waals surface area (Å²) in [6, 6.07) is 15.8. The molecule has 0 amide bonds. The quantitative estimate of drug-likeness (QED) is 0.386. The Morgan fingerprint density at radius 2 is 1.47 bits per heavy atom. The van der Waals surface area contributed by atoms with Gasteiger partial charge in [-0.3, -0.25) is 14.5 Å². The minimum Gasteiger partial charge on any atom is -0.493 e. The summed E-state index contributed by atoms with van der Waals surface area (Å²) in [7, 11) is 5.75. The van der Waals surface area contributed by atoms with Crippen LogP contribution >= 0.6 is 0 Å². The van der Waals surface area contributed by atoms with E-state index in [9.17, 15) is 9.59 Å². The number of hydrogen-bond acceptors (Lipinski definition) is 7. The van der Waals surface area contributed by atoms with Gasteiger partial charge in [0.1, 0.15) is 0 Å². The molecule has 0 atom stereocenters. The van der Waals surface area contributed by atoms with Gasteiger partial charge in [-0.15, -0.1) is 0 Å². The molecule has 184 valence electrons. The van der Waals surface area contributed by atoms with Gasteiger partial charge in [-0.2, -0.15) is 0 Å². The second-order valence-electron chi connectivity index (χ2n) is 8.84. The molecule has 0 bridgehead atoms. The van der Waals surface area contributed by atoms with Gasteiger partial charge < -0.3 is 18.9 Å². The molecule has 0 spiro atoms. The van der Waals surface area contributed by atoms with Crippen molar-refractivity contribution in [2.24, 2.45) is 11.3 Å². The van der Waals surface area contributed by atoms with Crippen LogP contribution in [0.2, 0.25) is 0 Å². The van der Waals surface area contributed by atoms with Crippen molar-refractivity contribution in [3.8, 4) is 11.5 Å². The average Bonchev–Trinajstić information content (AvgIpc) is 2.88. The highest BCUT2D eigenvalue weighted by atomic mass is 16.5. The van der Waals surface area contributed by atoms with E-state index < -0.39 is 17.4 Å². The van der Waals surface area contributed by atoms with E-state index in [1.54, 1.807) is 26.4 Å². The van der Waals surface area contributed by atoms with E-state index in [2.05, 4.69) is 29.2 Å². The molecule has 7 nitrogen and oxygen atoms in total. The van der Waals surface area contributed by atoms with Gasteiger partial charge in [0.2, 0.25) is 0 Å². The van der Waals surface area contributed by atoms with Gasteiger partial charge in [0.05, 0.1) is 28.4 Å². The van der Waals surface area contributed by atoms with Gasteiger partial charge in [0.25, 0.3) is 0 Å². The molecule has 1 aliphatic rings. The van der Waals surface area contributed by atoms with Crippen molar-refractivity contribution in [1.82, 2.24) is 4.90 Å². The van der Waals surface area contributed by atoms with Crippen molar-refractivity contribution in [3.05, 3.63) is 59.7 Å². The predicted octanol–water partition coefficient (Wildman–Crippen LogP) is 3.88. The summed E-state index contributed by atoms with van der Waals surface area (Å²) in [5, 5.41) is 0. The van der Waals surface area contributed by atoms with Crippen LogP contribution in [0.3, 0.4) is 0 Å². The summed E-state index contributed by atoms with van der Waals surface area (Å²) in [5.74, 6) is 0.184. The summed E-state index contributed by atoms with van der Waals surface area (Å²) >= 11 is 0. The first kappa shape index (κ1) is 25.6. The number of carbonyl (C=O) groups is 2. The van der Waals surface area contributed by atoms with Crippen LogP contribution < -0.4 is 9.47 Å². The SMILES string of the molecule is COC(=O)C(Cc1ccc(OC)c(OC)c1)(CC1CCN(Cc2ccccc2)CC1)C(=O)OC. The number of benzene rings is 2. The highest BCUT2D eigenvalue weighted by molar-refractivity contribution is 6.00. The number of piperidine rings is 1. The lowest BCUT2D eigenvalue weighted by molar-refractivity contribution is -0.171. The number of ether oxygens (including phenoxy) is 4. The molecular formula is C27H35NO6. The maximum absolute atomic E-state index is 13.1. The Kier molecular flexibility index (Phi) is 8.93. The van der Waals surface area contributed by atoms with Gasteiger partial charge >= 0.3 is 11.9 Å². The van der Waals surface area contributed by atoms with Crippen molar-refractivity contribution < 1.29 is 28.5 Å². The van der Waals surface area contributed by atoms with Crippen molar-refractivity contribution in [2.45, 2.75) is 32.2 Å². The summed E-state index contributed by atoms with van der Waals surface area (Å²) < 4.78 is 21.0. The van der Waals surface area contributed by atoms with Crippen LogP contribution in [0.25, 0.3) is 0 Å². The second kappa shape index (κ2) is 11.9. The molecule has 2 aromatic rings. The molecule has 2 aromatic carbocycles. The van der Waals surface area contributed by atoms with Crippen LogP contribution in [0.5, 0.6) is 11.5 Å². The first-order valence-corrected chi connectivity index (χ1v) is 11.6. The highest BCUT2D eigenvalue weighted by Crippen LogP contribution is 2.39. The van der Waals surface area contributed by atoms with Gasteiger partial charge in [-0.1, -0.05) is 36.4 Å². The first-order chi connectivity index (χ1) is 16.4. The van der Waals surface area contributed by atoms with E-state index >= 15 is 0 Å². The molecule has 3 rings (SSSR count). The zero-order valence-electron chi connectivity index (χ0n) is 20.5. The van der Waals surface area contributed by atoms with Crippen molar-refractivity contribution in [3.63, 3.8) is 0 Å². The predicted molar refractivity (Wildman–Crippen MR) is 129 cm³/mol. The van der Waals surface area contributed by atoms with E-state index in [0.717, 1.165) is 38.0 Å². The lowest BCUT2D eigenvalue weighted by atomic mass is 9.72. The molecule has 1 saturated heterocycles. The Balaban J connectivity index is 1.78. The Bertz CT molecular complexity index is 937. The van der Waals surface area contributed by atoms with Crippen molar-refractivity contribution in [1.29, 1.82) is 0 Å². The number of nitrogens with zero attached hydrogens (tertiary/aromatic N) is 1. The zero-order chi connectivity index (χ0) is 24.6. The minimum absolute atomic E-state index is 0.164.